The molecule has 0 spiro atoms. The first-order valence-electron chi connectivity index (χ1n) is 6.03. The third kappa shape index (κ3) is 3.04. The number of rotatable bonds is 3. The van der Waals surface area contributed by atoms with Crippen molar-refractivity contribution in [2.24, 2.45) is 5.84 Å². The van der Waals surface area contributed by atoms with Crippen LogP contribution in [0.3, 0.4) is 0 Å². The van der Waals surface area contributed by atoms with E-state index in [1.807, 2.05) is 0 Å². The molecular weight excluding hydrogens is 214 g/mol. The van der Waals surface area contributed by atoms with Crippen LogP contribution in [0.1, 0.15) is 17.2 Å². The summed E-state index contributed by atoms with van der Waals surface area (Å²) in [7, 11) is 2.11. The van der Waals surface area contributed by atoms with Crippen molar-refractivity contribution in [3.63, 3.8) is 0 Å². The molecule has 1 aromatic rings. The molecule has 4 nitrogen and oxygen atoms in total. The van der Waals surface area contributed by atoms with Crippen molar-refractivity contribution >= 4 is 0 Å². The molecule has 0 saturated carbocycles. The second kappa shape index (κ2) is 5.60. The summed E-state index contributed by atoms with van der Waals surface area (Å²) in [5.74, 6) is 5.67. The fourth-order valence-electron chi connectivity index (χ4n) is 2.20. The number of likely N-dealkylation sites (N-methyl/N-ethyl adjacent to an activating group) is 1. The molecule has 2 rings (SSSR count). The third-order valence-electron chi connectivity index (χ3n) is 3.28. The number of nitrogens with one attached hydrogen (secondary N) is 1. The average Bonchev–Trinajstić information content (AvgIpc) is 2.33. The van der Waals surface area contributed by atoms with Crippen molar-refractivity contribution in [3.8, 4) is 0 Å². The molecule has 1 aliphatic rings. The molecule has 0 bridgehead atoms. The Bertz CT molecular complexity index is 352. The lowest BCUT2D eigenvalue weighted by molar-refractivity contribution is -0.0393. The molecule has 1 fully saturated rings. The summed E-state index contributed by atoms with van der Waals surface area (Å²) in [6.45, 7) is 4.75. The molecule has 4 heteroatoms. The smallest absolute Gasteiger partial charge is 0.0909 e. The molecule has 3 N–H and O–H groups in total. The van der Waals surface area contributed by atoms with Crippen LogP contribution in [0.5, 0.6) is 0 Å². The predicted octanol–water partition coefficient (Wildman–Crippen LogP) is 0.830. The number of aryl methyl sites for hydroxylation is 1. The Morgan fingerprint density at radius 1 is 1.41 bits per heavy atom. The topological polar surface area (TPSA) is 50.5 Å². The van der Waals surface area contributed by atoms with Crippen molar-refractivity contribution in [2.75, 3.05) is 26.7 Å². The van der Waals surface area contributed by atoms with Gasteiger partial charge in [0.2, 0.25) is 0 Å². The lowest BCUT2D eigenvalue weighted by Crippen LogP contribution is -2.48. The molecule has 0 radical (unpaired) electrons. The van der Waals surface area contributed by atoms with Crippen LogP contribution in [-0.4, -0.2) is 37.7 Å². The monoisotopic (exact) mass is 235 g/mol. The summed E-state index contributed by atoms with van der Waals surface area (Å²) in [6.07, 6.45) is 0.112. The Hall–Kier alpha value is -0.940. The lowest BCUT2D eigenvalue weighted by Gasteiger charge is -2.35. The van der Waals surface area contributed by atoms with E-state index >= 15 is 0 Å². The Labute approximate surface area is 103 Å². The third-order valence-corrected chi connectivity index (χ3v) is 3.28. The number of hydrogen-bond acceptors (Lipinski definition) is 4. The van der Waals surface area contributed by atoms with Crippen molar-refractivity contribution < 1.29 is 4.74 Å². The molecule has 2 atom stereocenters. The fraction of sp³-hybridized carbons (Fsp3) is 0.538. The molecule has 0 aliphatic carbocycles. The maximum absolute atomic E-state index is 5.80. The van der Waals surface area contributed by atoms with Crippen LogP contribution in [0.25, 0.3) is 0 Å². The van der Waals surface area contributed by atoms with E-state index in [1.165, 1.54) is 11.1 Å². The molecule has 94 valence electrons. The van der Waals surface area contributed by atoms with Gasteiger partial charge in [-0.15, -0.1) is 0 Å². The highest BCUT2D eigenvalue weighted by Crippen LogP contribution is 2.21. The highest BCUT2D eigenvalue weighted by molar-refractivity contribution is 5.25. The zero-order valence-corrected chi connectivity index (χ0v) is 10.5. The van der Waals surface area contributed by atoms with Crippen LogP contribution >= 0.6 is 0 Å². The minimum absolute atomic E-state index is 0.0540. The van der Waals surface area contributed by atoms with E-state index in [0.717, 1.165) is 19.7 Å². The van der Waals surface area contributed by atoms with Gasteiger partial charge in [0.25, 0.3) is 0 Å². The summed E-state index contributed by atoms with van der Waals surface area (Å²) in [4.78, 5) is 2.27. The predicted molar refractivity (Wildman–Crippen MR) is 68.5 cm³/mol. The largest absolute Gasteiger partial charge is 0.374 e. The Balaban J connectivity index is 2.12. The van der Waals surface area contributed by atoms with Crippen molar-refractivity contribution in [3.05, 3.63) is 35.4 Å². The van der Waals surface area contributed by atoms with Gasteiger partial charge in [-0.2, -0.15) is 0 Å². The Morgan fingerprint density at radius 3 is 2.71 bits per heavy atom. The first-order chi connectivity index (χ1) is 8.20. The normalized spacial score (nSPS) is 23.6. The van der Waals surface area contributed by atoms with Crippen LogP contribution in [0.4, 0.5) is 0 Å². The van der Waals surface area contributed by atoms with Gasteiger partial charge in [0, 0.05) is 13.1 Å². The lowest BCUT2D eigenvalue weighted by atomic mass is 9.99. The van der Waals surface area contributed by atoms with Crippen molar-refractivity contribution in [1.82, 2.24) is 10.3 Å². The first kappa shape index (κ1) is 12.5. The number of hydrogen-bond donors (Lipinski definition) is 2. The number of ether oxygens (including phenoxy) is 1. The maximum Gasteiger partial charge on any atom is 0.0909 e. The number of morpholine rings is 1. The van der Waals surface area contributed by atoms with Crippen molar-refractivity contribution in [1.29, 1.82) is 0 Å². The quantitative estimate of drug-likeness (QED) is 0.602. The van der Waals surface area contributed by atoms with Gasteiger partial charge in [-0.05, 0) is 19.5 Å². The summed E-state index contributed by atoms with van der Waals surface area (Å²) >= 11 is 0. The summed E-state index contributed by atoms with van der Waals surface area (Å²) in [6, 6.07) is 8.48. The molecule has 1 saturated heterocycles. The zero-order valence-electron chi connectivity index (χ0n) is 10.5. The highest BCUT2D eigenvalue weighted by atomic mass is 16.5. The van der Waals surface area contributed by atoms with Gasteiger partial charge in [0.1, 0.15) is 0 Å². The molecule has 1 aliphatic heterocycles. The number of nitrogens with zero attached hydrogens (tertiary/aromatic N) is 1. The molecule has 0 aromatic heterocycles. The molecule has 1 heterocycles. The van der Waals surface area contributed by atoms with E-state index in [0.29, 0.717) is 0 Å². The molecule has 0 amide bonds. The van der Waals surface area contributed by atoms with Gasteiger partial charge in [-0.3, -0.25) is 11.3 Å². The van der Waals surface area contributed by atoms with Gasteiger partial charge in [0.15, 0.2) is 0 Å². The number of hydrazine groups is 1. The van der Waals surface area contributed by atoms with E-state index in [2.05, 4.69) is 48.6 Å². The minimum Gasteiger partial charge on any atom is -0.374 e. The van der Waals surface area contributed by atoms with Crippen molar-refractivity contribution in [2.45, 2.75) is 19.1 Å². The minimum atomic E-state index is 0.0540. The van der Waals surface area contributed by atoms with E-state index < -0.39 is 0 Å². The highest BCUT2D eigenvalue weighted by Gasteiger charge is 2.27. The van der Waals surface area contributed by atoms with Crippen LogP contribution < -0.4 is 11.3 Å². The van der Waals surface area contributed by atoms with Gasteiger partial charge >= 0.3 is 0 Å². The summed E-state index contributed by atoms with van der Waals surface area (Å²) < 4.78 is 5.80. The van der Waals surface area contributed by atoms with Crippen LogP contribution in [-0.2, 0) is 4.74 Å². The van der Waals surface area contributed by atoms with E-state index in [1.54, 1.807) is 0 Å². The number of nitrogens with two attached hydrogens (primary N) is 1. The van der Waals surface area contributed by atoms with Gasteiger partial charge in [0.05, 0.1) is 18.8 Å². The molecular formula is C13H21N3O. The summed E-state index contributed by atoms with van der Waals surface area (Å²) in [5, 5.41) is 0. The van der Waals surface area contributed by atoms with Crippen LogP contribution in [0.15, 0.2) is 24.3 Å². The average molecular weight is 235 g/mol. The van der Waals surface area contributed by atoms with Gasteiger partial charge < -0.3 is 9.64 Å². The first-order valence-corrected chi connectivity index (χ1v) is 6.03. The van der Waals surface area contributed by atoms with Crippen LogP contribution in [0, 0.1) is 6.92 Å². The molecule has 17 heavy (non-hydrogen) atoms. The Morgan fingerprint density at radius 2 is 2.12 bits per heavy atom. The molecule has 1 aromatic carbocycles. The van der Waals surface area contributed by atoms with E-state index in [9.17, 15) is 0 Å². The fourth-order valence-corrected chi connectivity index (χ4v) is 2.20. The standard InChI is InChI=1S/C13H21N3O/c1-10-3-5-11(6-4-10)13(15-14)12-9-16(2)7-8-17-12/h3-6,12-13,15H,7-9,14H2,1-2H3. The number of benzene rings is 1. The SMILES string of the molecule is Cc1ccc(C(NN)C2CN(C)CCO2)cc1. The molecule has 2 unspecified atom stereocenters. The maximum atomic E-state index is 5.80. The van der Waals surface area contributed by atoms with E-state index in [4.69, 9.17) is 10.6 Å². The van der Waals surface area contributed by atoms with Crippen LogP contribution in [0.2, 0.25) is 0 Å². The summed E-state index contributed by atoms with van der Waals surface area (Å²) in [5.41, 5.74) is 5.31. The van der Waals surface area contributed by atoms with Gasteiger partial charge in [-0.1, -0.05) is 29.8 Å². The zero-order chi connectivity index (χ0) is 12.3. The second-order valence-corrected chi connectivity index (χ2v) is 4.73. The second-order valence-electron chi connectivity index (χ2n) is 4.73. The Kier molecular flexibility index (Phi) is 4.12. The van der Waals surface area contributed by atoms with Gasteiger partial charge in [-0.25, -0.2) is 0 Å². The van der Waals surface area contributed by atoms with E-state index in [-0.39, 0.29) is 12.1 Å².